The first-order valence-corrected chi connectivity index (χ1v) is 13.1. The maximum atomic E-state index is 14.1. The summed E-state index contributed by atoms with van der Waals surface area (Å²) in [5, 5.41) is 0. The summed E-state index contributed by atoms with van der Waals surface area (Å²) in [5.74, 6) is 0.638. The molecule has 2 heterocycles. The van der Waals surface area contributed by atoms with Gasteiger partial charge < -0.3 is 14.4 Å². The van der Waals surface area contributed by atoms with Crippen LogP contribution in [0.5, 0.6) is 5.75 Å². The van der Waals surface area contributed by atoms with Gasteiger partial charge in [0.15, 0.2) is 11.6 Å². The van der Waals surface area contributed by atoms with Crippen LogP contribution in [-0.4, -0.2) is 54.0 Å². The molecule has 1 unspecified atom stereocenters. The summed E-state index contributed by atoms with van der Waals surface area (Å²) < 4.78 is 25.5. The van der Waals surface area contributed by atoms with Crippen molar-refractivity contribution in [3.63, 3.8) is 0 Å². The molecule has 2 aliphatic heterocycles. The zero-order valence-electron chi connectivity index (χ0n) is 21.8. The van der Waals surface area contributed by atoms with E-state index in [2.05, 4.69) is 0 Å². The van der Waals surface area contributed by atoms with Gasteiger partial charge in [0, 0.05) is 37.1 Å². The summed E-state index contributed by atoms with van der Waals surface area (Å²) in [6, 6.07) is 12.9. The first kappa shape index (κ1) is 25.4. The molecule has 1 saturated heterocycles. The van der Waals surface area contributed by atoms with Crippen LogP contribution in [0.15, 0.2) is 42.5 Å². The molecular weight excluding hydrogens is 473 g/mol. The third kappa shape index (κ3) is 4.88. The third-order valence-corrected chi connectivity index (χ3v) is 7.79. The molecule has 5 atom stereocenters. The molecule has 1 amide bonds. The van der Waals surface area contributed by atoms with E-state index >= 15 is 0 Å². The van der Waals surface area contributed by atoms with Gasteiger partial charge in [-0.15, -0.1) is 0 Å². The van der Waals surface area contributed by atoms with E-state index in [-0.39, 0.29) is 35.9 Å². The highest BCUT2D eigenvalue weighted by Crippen LogP contribution is 2.54. The normalized spacial score (nSPS) is 25.8. The number of amides is 1. The van der Waals surface area contributed by atoms with Gasteiger partial charge in [0.25, 0.3) is 0 Å². The predicted molar refractivity (Wildman–Crippen MR) is 137 cm³/mol. The molecule has 0 aromatic heterocycles. The Hall–Kier alpha value is -3.22. The lowest BCUT2D eigenvalue weighted by atomic mass is 9.85. The van der Waals surface area contributed by atoms with Crippen LogP contribution in [0.3, 0.4) is 0 Å². The van der Waals surface area contributed by atoms with Crippen LogP contribution in [0.1, 0.15) is 78.3 Å². The molecule has 3 aliphatic rings. The maximum absolute atomic E-state index is 14.1. The van der Waals surface area contributed by atoms with Crippen LogP contribution in [0.25, 0.3) is 0 Å². The van der Waals surface area contributed by atoms with E-state index < -0.39 is 18.4 Å². The number of carbonyl (C=O) groups is 3. The van der Waals surface area contributed by atoms with Crippen molar-refractivity contribution in [3.8, 4) is 5.75 Å². The Bertz CT molecular complexity index is 1210. The molecule has 2 aromatic rings. The van der Waals surface area contributed by atoms with Gasteiger partial charge in [0.05, 0.1) is 11.5 Å². The molecule has 37 heavy (non-hydrogen) atoms. The van der Waals surface area contributed by atoms with Gasteiger partial charge in [-0.25, -0.2) is 9.18 Å². The number of benzene rings is 2. The largest absolute Gasteiger partial charge is 0.486 e. The van der Waals surface area contributed by atoms with Crippen molar-refractivity contribution in [1.82, 2.24) is 4.90 Å². The molecule has 1 saturated carbocycles. The molecule has 0 radical (unpaired) electrons. The average molecular weight is 508 g/mol. The fourth-order valence-corrected chi connectivity index (χ4v) is 5.93. The van der Waals surface area contributed by atoms with Crippen molar-refractivity contribution < 1.29 is 28.2 Å². The molecule has 2 aromatic carbocycles. The van der Waals surface area contributed by atoms with Gasteiger partial charge in [-0.05, 0) is 56.2 Å². The van der Waals surface area contributed by atoms with Crippen molar-refractivity contribution in [2.75, 3.05) is 19.8 Å². The Kier molecular flexibility index (Phi) is 6.59. The summed E-state index contributed by atoms with van der Waals surface area (Å²) in [7, 11) is 0. The Morgan fingerprint density at radius 1 is 1.05 bits per heavy atom. The van der Waals surface area contributed by atoms with Crippen LogP contribution in [0.2, 0.25) is 0 Å². The number of likely N-dealkylation sites (tertiary alicyclic amines) is 1. The first-order chi connectivity index (χ1) is 17.6. The van der Waals surface area contributed by atoms with Crippen LogP contribution in [0, 0.1) is 17.8 Å². The number of ketones is 2. The minimum absolute atomic E-state index is 0.0355. The Morgan fingerprint density at radius 2 is 1.73 bits per heavy atom. The number of Topliss-reactive ketones (excluding diaryl/α,β-unsaturated/α-hetero) is 2. The molecular formula is C30H34FNO5. The van der Waals surface area contributed by atoms with Gasteiger partial charge in [0.2, 0.25) is 0 Å². The van der Waals surface area contributed by atoms with Crippen LogP contribution < -0.4 is 4.74 Å². The van der Waals surface area contributed by atoms with Crippen LogP contribution in [-0.2, 0) is 4.74 Å². The second-order valence-corrected chi connectivity index (χ2v) is 11.4. The monoisotopic (exact) mass is 507 g/mol. The smallest absolute Gasteiger partial charge is 0.410 e. The maximum Gasteiger partial charge on any atom is 0.410 e. The molecule has 0 N–H and O–H groups in total. The lowest BCUT2D eigenvalue weighted by Crippen LogP contribution is -2.37. The van der Waals surface area contributed by atoms with Crippen molar-refractivity contribution in [1.29, 1.82) is 0 Å². The number of alkyl halides is 1. The van der Waals surface area contributed by atoms with Crippen molar-refractivity contribution >= 4 is 17.7 Å². The zero-order valence-corrected chi connectivity index (χ0v) is 21.8. The highest BCUT2D eigenvalue weighted by atomic mass is 19.1. The third-order valence-electron chi connectivity index (χ3n) is 7.79. The first-order valence-electron chi connectivity index (χ1n) is 13.1. The summed E-state index contributed by atoms with van der Waals surface area (Å²) in [6.45, 7) is 7.81. The Balaban J connectivity index is 1.36. The summed E-state index contributed by atoms with van der Waals surface area (Å²) >= 11 is 0. The molecule has 196 valence electrons. The topological polar surface area (TPSA) is 72.9 Å². The lowest BCUT2D eigenvalue weighted by Gasteiger charge is -2.25. The molecule has 0 bridgehead atoms. The highest BCUT2D eigenvalue weighted by Gasteiger charge is 2.57. The summed E-state index contributed by atoms with van der Waals surface area (Å²) in [6.07, 6.45) is -0.426. The number of halogens is 1. The number of nitrogens with zero attached hydrogens (tertiary/aromatic N) is 1. The van der Waals surface area contributed by atoms with Crippen molar-refractivity contribution in [2.24, 2.45) is 17.8 Å². The van der Waals surface area contributed by atoms with E-state index in [1.807, 2.05) is 51.1 Å². The van der Waals surface area contributed by atoms with Gasteiger partial charge >= 0.3 is 6.09 Å². The summed E-state index contributed by atoms with van der Waals surface area (Å²) in [4.78, 5) is 40.4. The molecule has 5 rings (SSSR count). The minimum Gasteiger partial charge on any atom is -0.486 e. The predicted octanol–water partition coefficient (Wildman–Crippen LogP) is 5.83. The van der Waals surface area contributed by atoms with E-state index in [0.29, 0.717) is 53.8 Å². The van der Waals surface area contributed by atoms with E-state index in [0.717, 1.165) is 5.56 Å². The SMILES string of the molecule is CCC(=O)c1cc(C(=O)CC2[C@H]3CN(C(=O)OC(C)(C)C)C[C@@H]23)cc2c1O[C@H](CF)[C@H]2c1ccccc1. The number of hydrogen-bond acceptors (Lipinski definition) is 5. The van der Waals surface area contributed by atoms with Gasteiger partial charge in [0.1, 0.15) is 24.1 Å². The quantitative estimate of drug-likeness (QED) is 0.441. The fraction of sp³-hybridized carbons (Fsp3) is 0.500. The van der Waals surface area contributed by atoms with Gasteiger partial charge in [-0.2, -0.15) is 0 Å². The Labute approximate surface area is 217 Å². The van der Waals surface area contributed by atoms with Crippen LogP contribution in [0.4, 0.5) is 9.18 Å². The minimum atomic E-state index is -0.743. The fourth-order valence-electron chi connectivity index (χ4n) is 5.93. The van der Waals surface area contributed by atoms with Gasteiger partial charge in [-0.1, -0.05) is 37.3 Å². The highest BCUT2D eigenvalue weighted by molar-refractivity contribution is 6.04. The van der Waals surface area contributed by atoms with Crippen molar-refractivity contribution in [2.45, 2.75) is 58.2 Å². The molecule has 2 fully saturated rings. The van der Waals surface area contributed by atoms with E-state index in [9.17, 15) is 18.8 Å². The number of rotatable bonds is 7. The van der Waals surface area contributed by atoms with Gasteiger partial charge in [-0.3, -0.25) is 9.59 Å². The second kappa shape index (κ2) is 9.58. The van der Waals surface area contributed by atoms with Crippen molar-refractivity contribution in [3.05, 3.63) is 64.7 Å². The molecule has 1 aliphatic carbocycles. The lowest BCUT2D eigenvalue weighted by molar-refractivity contribution is 0.0265. The zero-order chi connectivity index (χ0) is 26.5. The van der Waals surface area contributed by atoms with E-state index in [1.54, 1.807) is 24.0 Å². The molecule has 6 nitrogen and oxygen atoms in total. The van der Waals surface area contributed by atoms with E-state index in [4.69, 9.17) is 9.47 Å². The molecule has 0 spiro atoms. The number of fused-ring (bicyclic) bond motifs is 2. The number of carbonyl (C=O) groups excluding carboxylic acids is 3. The average Bonchev–Trinajstić information content (AvgIpc) is 3.21. The number of piperidine rings is 1. The number of ether oxygens (including phenoxy) is 2. The van der Waals surface area contributed by atoms with Crippen LogP contribution >= 0.6 is 0 Å². The standard InChI is InChI=1S/C30H34FNO5/c1-5-24(33)20-11-18(12-21-27(17-9-7-6-8-10-17)26(14-31)36-28(20)21)25(34)13-19-22-15-32(16-23(19)22)29(35)37-30(2,3)4/h6-12,19,22-23,26-27H,5,13-16H2,1-4H3/t19?,22-,23+,26-,27+/m1/s1. The second-order valence-electron chi connectivity index (χ2n) is 11.4. The Morgan fingerprint density at radius 3 is 2.32 bits per heavy atom. The molecule has 7 heteroatoms. The van der Waals surface area contributed by atoms with E-state index in [1.165, 1.54) is 0 Å². The number of hydrogen-bond donors (Lipinski definition) is 0. The summed E-state index contributed by atoms with van der Waals surface area (Å²) in [5.41, 5.74) is 1.87.